The van der Waals surface area contributed by atoms with E-state index in [9.17, 15) is 24.5 Å². The molecule has 134 valence electrons. The van der Waals surface area contributed by atoms with Crippen LogP contribution in [0.2, 0.25) is 0 Å². The minimum Gasteiger partial charge on any atom is -0.449 e. The van der Waals surface area contributed by atoms with Gasteiger partial charge in [-0.25, -0.2) is 4.79 Å². The fourth-order valence-corrected chi connectivity index (χ4v) is 2.22. The first-order valence-corrected chi connectivity index (χ1v) is 7.66. The van der Waals surface area contributed by atoms with E-state index >= 15 is 0 Å². The van der Waals surface area contributed by atoms with E-state index in [1.807, 2.05) is 0 Å². The SMILES string of the molecule is CC(=O)c1ccccc1NC(=O)[C@@H](C)OC(=O)c1ccccc1[N+](=O)[O-]. The minimum atomic E-state index is -1.22. The van der Waals surface area contributed by atoms with Crippen LogP contribution >= 0.6 is 0 Å². The van der Waals surface area contributed by atoms with Crippen molar-refractivity contribution in [3.8, 4) is 0 Å². The summed E-state index contributed by atoms with van der Waals surface area (Å²) < 4.78 is 5.02. The molecule has 0 unspecified atom stereocenters. The van der Waals surface area contributed by atoms with Gasteiger partial charge in [-0.2, -0.15) is 0 Å². The number of Topliss-reactive ketones (excluding diaryl/α,β-unsaturated/α-hetero) is 1. The zero-order valence-corrected chi connectivity index (χ0v) is 14.1. The van der Waals surface area contributed by atoms with Crippen molar-refractivity contribution < 1.29 is 24.0 Å². The fraction of sp³-hybridized carbons (Fsp3) is 0.167. The number of nitrogens with zero attached hydrogens (tertiary/aromatic N) is 1. The molecule has 26 heavy (non-hydrogen) atoms. The Balaban J connectivity index is 2.12. The normalized spacial score (nSPS) is 11.3. The number of esters is 1. The van der Waals surface area contributed by atoms with Gasteiger partial charge in [-0.3, -0.25) is 19.7 Å². The van der Waals surface area contributed by atoms with Gasteiger partial charge in [0.25, 0.3) is 11.6 Å². The summed E-state index contributed by atoms with van der Waals surface area (Å²) in [5.74, 6) is -1.88. The zero-order valence-electron chi connectivity index (χ0n) is 14.1. The van der Waals surface area contributed by atoms with E-state index in [-0.39, 0.29) is 11.3 Å². The predicted octanol–water partition coefficient (Wildman–Crippen LogP) is 2.98. The standard InChI is InChI=1S/C18H16N2O6/c1-11(21)13-7-3-5-9-15(13)19-17(22)12(2)26-18(23)14-8-4-6-10-16(14)20(24)25/h3-10,12H,1-2H3,(H,19,22)/t12-/m1/s1. The van der Waals surface area contributed by atoms with Gasteiger partial charge in [0, 0.05) is 11.6 Å². The summed E-state index contributed by atoms with van der Waals surface area (Å²) in [5.41, 5.74) is -0.0509. The van der Waals surface area contributed by atoms with Gasteiger partial charge in [-0.05, 0) is 32.0 Å². The molecule has 1 amide bonds. The van der Waals surface area contributed by atoms with Crippen molar-refractivity contribution in [3.05, 3.63) is 69.8 Å². The van der Waals surface area contributed by atoms with E-state index in [2.05, 4.69) is 5.32 Å². The Morgan fingerprint density at radius 2 is 1.62 bits per heavy atom. The smallest absolute Gasteiger partial charge is 0.345 e. The second-order valence-electron chi connectivity index (χ2n) is 5.41. The highest BCUT2D eigenvalue weighted by atomic mass is 16.6. The van der Waals surface area contributed by atoms with Gasteiger partial charge in [-0.1, -0.05) is 24.3 Å². The third kappa shape index (κ3) is 4.29. The molecule has 2 aromatic carbocycles. The molecule has 0 saturated heterocycles. The van der Waals surface area contributed by atoms with Crippen LogP contribution in [-0.2, 0) is 9.53 Å². The van der Waals surface area contributed by atoms with Crippen LogP contribution in [0.4, 0.5) is 11.4 Å². The number of carbonyl (C=O) groups is 3. The van der Waals surface area contributed by atoms with Gasteiger partial charge in [0.05, 0.1) is 10.6 Å². The molecule has 2 aromatic rings. The lowest BCUT2D eigenvalue weighted by Crippen LogP contribution is -2.30. The van der Waals surface area contributed by atoms with Crippen LogP contribution in [0.15, 0.2) is 48.5 Å². The van der Waals surface area contributed by atoms with Crippen LogP contribution in [0, 0.1) is 10.1 Å². The van der Waals surface area contributed by atoms with Gasteiger partial charge in [0.15, 0.2) is 11.9 Å². The average molecular weight is 356 g/mol. The summed E-state index contributed by atoms with van der Waals surface area (Å²) in [4.78, 5) is 46.2. The van der Waals surface area contributed by atoms with Crippen molar-refractivity contribution in [3.63, 3.8) is 0 Å². The summed E-state index contributed by atoms with van der Waals surface area (Å²) in [6.45, 7) is 2.70. The summed E-state index contributed by atoms with van der Waals surface area (Å²) in [6.07, 6.45) is -1.22. The number of carbonyl (C=O) groups excluding carboxylic acids is 3. The molecule has 0 aliphatic carbocycles. The molecule has 8 heteroatoms. The first kappa shape index (κ1) is 18.8. The number of anilines is 1. The Kier molecular flexibility index (Phi) is 5.79. The molecular weight excluding hydrogens is 340 g/mol. The Bertz CT molecular complexity index is 877. The molecule has 0 radical (unpaired) electrons. The molecule has 0 saturated carbocycles. The fourth-order valence-electron chi connectivity index (χ4n) is 2.22. The highest BCUT2D eigenvalue weighted by molar-refractivity contribution is 6.05. The van der Waals surface area contributed by atoms with Gasteiger partial charge < -0.3 is 10.1 Å². The largest absolute Gasteiger partial charge is 0.449 e. The maximum atomic E-state index is 12.2. The molecule has 1 N–H and O–H groups in total. The molecule has 0 aromatic heterocycles. The van der Waals surface area contributed by atoms with Gasteiger partial charge in [-0.15, -0.1) is 0 Å². The highest BCUT2D eigenvalue weighted by Gasteiger charge is 2.25. The zero-order chi connectivity index (χ0) is 19.3. The number of nitro groups is 1. The van der Waals surface area contributed by atoms with Crippen LogP contribution in [0.1, 0.15) is 34.6 Å². The topological polar surface area (TPSA) is 116 Å². The van der Waals surface area contributed by atoms with E-state index < -0.39 is 28.6 Å². The van der Waals surface area contributed by atoms with Crippen molar-refractivity contribution >= 4 is 29.0 Å². The molecule has 0 bridgehead atoms. The lowest BCUT2D eigenvalue weighted by molar-refractivity contribution is -0.385. The number of nitrogens with one attached hydrogen (secondary N) is 1. The quantitative estimate of drug-likeness (QED) is 0.368. The number of rotatable bonds is 6. The Morgan fingerprint density at radius 1 is 1.04 bits per heavy atom. The first-order chi connectivity index (χ1) is 12.3. The van der Waals surface area contributed by atoms with Gasteiger partial charge in [0.2, 0.25) is 0 Å². The maximum absolute atomic E-state index is 12.2. The van der Waals surface area contributed by atoms with Crippen LogP contribution in [0.25, 0.3) is 0 Å². The molecule has 0 fully saturated rings. The van der Waals surface area contributed by atoms with E-state index in [0.717, 1.165) is 0 Å². The number of hydrogen-bond donors (Lipinski definition) is 1. The highest BCUT2D eigenvalue weighted by Crippen LogP contribution is 2.20. The van der Waals surface area contributed by atoms with E-state index in [4.69, 9.17) is 4.74 Å². The monoisotopic (exact) mass is 356 g/mol. The Labute approximate surface area is 148 Å². The number of nitro benzene ring substituents is 1. The third-order valence-electron chi connectivity index (χ3n) is 3.54. The second kappa shape index (κ2) is 8.02. The molecule has 2 rings (SSSR count). The number of benzene rings is 2. The summed E-state index contributed by atoms with van der Waals surface area (Å²) in [7, 11) is 0. The lowest BCUT2D eigenvalue weighted by Gasteiger charge is -2.15. The predicted molar refractivity (Wildman–Crippen MR) is 93.1 cm³/mol. The minimum absolute atomic E-state index is 0.231. The Morgan fingerprint density at radius 3 is 2.23 bits per heavy atom. The third-order valence-corrected chi connectivity index (χ3v) is 3.54. The first-order valence-electron chi connectivity index (χ1n) is 7.66. The van der Waals surface area contributed by atoms with Crippen molar-refractivity contribution in [2.45, 2.75) is 20.0 Å². The van der Waals surface area contributed by atoms with Gasteiger partial charge >= 0.3 is 5.97 Å². The van der Waals surface area contributed by atoms with E-state index in [0.29, 0.717) is 11.3 Å². The molecule has 8 nitrogen and oxygen atoms in total. The van der Waals surface area contributed by atoms with Crippen molar-refractivity contribution in [1.82, 2.24) is 0 Å². The van der Waals surface area contributed by atoms with E-state index in [1.54, 1.807) is 24.3 Å². The molecule has 1 atom stereocenters. The molecule has 0 heterocycles. The number of hydrogen-bond acceptors (Lipinski definition) is 6. The summed E-state index contributed by atoms with van der Waals surface area (Å²) in [6, 6.07) is 11.7. The molecule has 0 aliphatic rings. The lowest BCUT2D eigenvalue weighted by atomic mass is 10.1. The Hall–Kier alpha value is -3.55. The second-order valence-corrected chi connectivity index (χ2v) is 5.41. The van der Waals surface area contributed by atoms with Crippen molar-refractivity contribution in [2.75, 3.05) is 5.32 Å². The number of ketones is 1. The number of ether oxygens (including phenoxy) is 1. The average Bonchev–Trinajstić information content (AvgIpc) is 2.61. The van der Waals surface area contributed by atoms with Crippen LogP contribution in [0.5, 0.6) is 0 Å². The summed E-state index contributed by atoms with van der Waals surface area (Å²) >= 11 is 0. The van der Waals surface area contributed by atoms with E-state index in [1.165, 1.54) is 38.1 Å². The molecule has 0 spiro atoms. The van der Waals surface area contributed by atoms with Crippen LogP contribution in [0.3, 0.4) is 0 Å². The summed E-state index contributed by atoms with van der Waals surface area (Å²) in [5, 5.41) is 13.5. The maximum Gasteiger partial charge on any atom is 0.345 e. The van der Waals surface area contributed by atoms with Crippen molar-refractivity contribution in [1.29, 1.82) is 0 Å². The molecular formula is C18H16N2O6. The van der Waals surface area contributed by atoms with Crippen LogP contribution in [-0.4, -0.2) is 28.7 Å². The molecule has 0 aliphatic heterocycles. The van der Waals surface area contributed by atoms with Crippen LogP contribution < -0.4 is 5.32 Å². The van der Waals surface area contributed by atoms with Gasteiger partial charge in [0.1, 0.15) is 5.56 Å². The number of amides is 1. The number of para-hydroxylation sites is 2. The van der Waals surface area contributed by atoms with Crippen molar-refractivity contribution in [2.24, 2.45) is 0 Å².